The Balaban J connectivity index is 2.13. The number of ether oxygens (including phenoxy) is 1. The van der Waals surface area contributed by atoms with Crippen LogP contribution in [0.2, 0.25) is 0 Å². The highest BCUT2D eigenvalue weighted by Crippen LogP contribution is 2.60. The number of hydrogen-bond donors (Lipinski definition) is 1. The summed E-state index contributed by atoms with van der Waals surface area (Å²) >= 11 is 0. The van der Waals surface area contributed by atoms with E-state index in [9.17, 15) is 36.2 Å². The van der Waals surface area contributed by atoms with Crippen LogP contribution in [0.5, 0.6) is 0 Å². The molecule has 0 spiro atoms. The molecule has 9 heteroatoms. The van der Waals surface area contributed by atoms with Crippen LogP contribution in [0.25, 0.3) is 0 Å². The van der Waals surface area contributed by atoms with E-state index < -0.39 is 54.2 Å². The van der Waals surface area contributed by atoms with Gasteiger partial charge in [-0.15, -0.1) is 0 Å². The molecular weight excluding hydrogens is 342 g/mol. The third-order valence-corrected chi connectivity index (χ3v) is 5.48. The maximum Gasteiger partial charge on any atom is 0.426 e. The SMILES string of the molecule is CC[C@@H](C)C(=O)OC1CC2CC1CC2C(O)(C(F)(F)F)C(F)(F)F. The lowest BCUT2D eigenvalue weighted by atomic mass is 9.74. The molecule has 2 rings (SSSR count). The molecule has 2 aliphatic carbocycles. The molecule has 0 aromatic rings. The number of aliphatic hydroxyl groups is 1. The van der Waals surface area contributed by atoms with Crippen molar-refractivity contribution in [1.82, 2.24) is 0 Å². The topological polar surface area (TPSA) is 46.5 Å². The van der Waals surface area contributed by atoms with E-state index in [2.05, 4.69) is 0 Å². The second kappa shape index (κ2) is 6.07. The fraction of sp³-hybridized carbons (Fsp3) is 0.933. The van der Waals surface area contributed by atoms with Crippen LogP contribution in [0.15, 0.2) is 0 Å². The molecule has 2 saturated carbocycles. The molecule has 2 aliphatic rings. The van der Waals surface area contributed by atoms with E-state index in [1.165, 1.54) is 0 Å². The standard InChI is InChI=1S/C15H20F6O3/c1-3-7(2)12(22)24-11-6-8-4-9(11)5-10(8)13(23,14(16,17)18)15(19,20)21/h7-11,23H,3-6H2,1-2H3/t7-,8?,9?,10?,11?/m1/s1. The minimum absolute atomic E-state index is 0.0774. The second-order valence-electron chi connectivity index (χ2n) is 6.88. The summed E-state index contributed by atoms with van der Waals surface area (Å²) in [6.45, 7) is 3.42. The predicted octanol–water partition coefficient (Wildman–Crippen LogP) is 3.85. The Kier molecular flexibility index (Phi) is 4.89. The van der Waals surface area contributed by atoms with Gasteiger partial charge in [-0.1, -0.05) is 13.8 Å². The van der Waals surface area contributed by atoms with Crippen LogP contribution < -0.4 is 0 Å². The first-order valence-electron chi connectivity index (χ1n) is 7.89. The van der Waals surface area contributed by atoms with Crippen LogP contribution in [0.1, 0.15) is 39.5 Å². The van der Waals surface area contributed by atoms with Crippen molar-refractivity contribution in [2.24, 2.45) is 23.7 Å². The van der Waals surface area contributed by atoms with Gasteiger partial charge in [0.1, 0.15) is 6.10 Å². The van der Waals surface area contributed by atoms with Crippen LogP contribution in [0.3, 0.4) is 0 Å². The fourth-order valence-electron chi connectivity index (χ4n) is 3.89. The number of esters is 1. The van der Waals surface area contributed by atoms with Crippen LogP contribution >= 0.6 is 0 Å². The number of carbonyl (C=O) groups excluding carboxylic acids is 1. The zero-order valence-electron chi connectivity index (χ0n) is 13.2. The maximum absolute atomic E-state index is 13.0. The monoisotopic (exact) mass is 362 g/mol. The van der Waals surface area contributed by atoms with Crippen molar-refractivity contribution in [3.63, 3.8) is 0 Å². The first kappa shape index (κ1) is 19.3. The molecule has 2 fully saturated rings. The summed E-state index contributed by atoms with van der Waals surface area (Å²) in [4.78, 5) is 11.8. The van der Waals surface area contributed by atoms with E-state index in [1.54, 1.807) is 13.8 Å². The summed E-state index contributed by atoms with van der Waals surface area (Å²) < 4.78 is 83.1. The molecule has 0 radical (unpaired) electrons. The van der Waals surface area contributed by atoms with Gasteiger partial charge in [0, 0.05) is 5.92 Å². The normalized spacial score (nSPS) is 32.0. The summed E-state index contributed by atoms with van der Waals surface area (Å²) in [5, 5.41) is 9.54. The summed E-state index contributed by atoms with van der Waals surface area (Å²) in [5.74, 6) is -4.38. The van der Waals surface area contributed by atoms with E-state index in [0.29, 0.717) is 6.42 Å². The van der Waals surface area contributed by atoms with Gasteiger partial charge in [-0.25, -0.2) is 0 Å². The summed E-state index contributed by atoms with van der Waals surface area (Å²) in [7, 11) is 0. The Labute approximate surface area is 135 Å². The Morgan fingerprint density at radius 3 is 2.00 bits per heavy atom. The molecule has 0 aliphatic heterocycles. The number of fused-ring (bicyclic) bond motifs is 2. The van der Waals surface area contributed by atoms with Gasteiger partial charge in [-0.2, -0.15) is 26.3 Å². The quantitative estimate of drug-likeness (QED) is 0.611. The average Bonchev–Trinajstić information content (AvgIpc) is 3.02. The lowest BCUT2D eigenvalue weighted by Gasteiger charge is -2.41. The fourth-order valence-corrected chi connectivity index (χ4v) is 3.89. The van der Waals surface area contributed by atoms with E-state index in [4.69, 9.17) is 4.74 Å². The van der Waals surface area contributed by atoms with Gasteiger partial charge in [-0.3, -0.25) is 4.79 Å². The number of carbonyl (C=O) groups is 1. The molecule has 3 nitrogen and oxygen atoms in total. The first-order valence-corrected chi connectivity index (χ1v) is 7.89. The average molecular weight is 362 g/mol. The van der Waals surface area contributed by atoms with Crippen molar-refractivity contribution >= 4 is 5.97 Å². The molecule has 24 heavy (non-hydrogen) atoms. The summed E-state index contributed by atoms with van der Waals surface area (Å²) in [6.07, 6.45) is -12.2. The zero-order chi connectivity index (χ0) is 18.5. The Morgan fingerprint density at radius 1 is 1.08 bits per heavy atom. The third kappa shape index (κ3) is 2.99. The molecule has 0 aromatic heterocycles. The predicted molar refractivity (Wildman–Crippen MR) is 70.7 cm³/mol. The second-order valence-corrected chi connectivity index (χ2v) is 6.88. The van der Waals surface area contributed by atoms with E-state index >= 15 is 0 Å². The van der Waals surface area contributed by atoms with Crippen molar-refractivity contribution in [1.29, 1.82) is 0 Å². The van der Waals surface area contributed by atoms with Crippen molar-refractivity contribution in [2.45, 2.75) is 63.6 Å². The van der Waals surface area contributed by atoms with Crippen molar-refractivity contribution in [3.8, 4) is 0 Å². The largest absolute Gasteiger partial charge is 0.462 e. The van der Waals surface area contributed by atoms with Gasteiger partial charge in [0.25, 0.3) is 5.60 Å². The highest BCUT2D eigenvalue weighted by molar-refractivity contribution is 5.72. The van der Waals surface area contributed by atoms with Crippen LogP contribution in [-0.2, 0) is 9.53 Å². The minimum atomic E-state index is -5.80. The Morgan fingerprint density at radius 2 is 1.62 bits per heavy atom. The van der Waals surface area contributed by atoms with Crippen LogP contribution in [0.4, 0.5) is 26.3 Å². The van der Waals surface area contributed by atoms with Gasteiger partial charge >= 0.3 is 18.3 Å². The molecule has 0 aromatic carbocycles. The third-order valence-electron chi connectivity index (χ3n) is 5.48. The van der Waals surface area contributed by atoms with E-state index in [-0.39, 0.29) is 18.8 Å². The molecule has 140 valence electrons. The highest BCUT2D eigenvalue weighted by Gasteiger charge is 2.76. The number of alkyl halides is 6. The zero-order valence-corrected chi connectivity index (χ0v) is 13.2. The van der Waals surface area contributed by atoms with Crippen molar-refractivity contribution in [3.05, 3.63) is 0 Å². The highest BCUT2D eigenvalue weighted by atomic mass is 19.4. The molecule has 1 N–H and O–H groups in total. The van der Waals surface area contributed by atoms with Gasteiger partial charge in [-0.05, 0) is 37.5 Å². The van der Waals surface area contributed by atoms with Crippen LogP contribution in [-0.4, -0.2) is 35.1 Å². The molecule has 0 amide bonds. The lowest BCUT2D eigenvalue weighted by Crippen LogP contribution is -2.63. The molecule has 2 bridgehead atoms. The van der Waals surface area contributed by atoms with Crippen molar-refractivity contribution in [2.75, 3.05) is 0 Å². The van der Waals surface area contributed by atoms with Gasteiger partial charge in [0.2, 0.25) is 0 Å². The number of hydrogen-bond acceptors (Lipinski definition) is 3. The maximum atomic E-state index is 13.0. The molecular formula is C15H20F6O3. The van der Waals surface area contributed by atoms with Gasteiger partial charge in [0.15, 0.2) is 0 Å². The first-order chi connectivity index (χ1) is 10.8. The number of rotatable bonds is 4. The van der Waals surface area contributed by atoms with E-state index in [1.807, 2.05) is 0 Å². The van der Waals surface area contributed by atoms with Gasteiger partial charge < -0.3 is 9.84 Å². The van der Waals surface area contributed by atoms with E-state index in [0.717, 1.165) is 0 Å². The minimum Gasteiger partial charge on any atom is -0.462 e. The van der Waals surface area contributed by atoms with Gasteiger partial charge in [0.05, 0.1) is 5.92 Å². The summed E-state index contributed by atoms with van der Waals surface area (Å²) in [5.41, 5.74) is -4.72. The smallest absolute Gasteiger partial charge is 0.426 e. The molecule has 4 unspecified atom stereocenters. The lowest BCUT2D eigenvalue weighted by molar-refractivity contribution is -0.389. The molecule has 0 saturated heterocycles. The number of halogens is 6. The Bertz CT molecular complexity index is 473. The molecule has 0 heterocycles. The molecule has 5 atom stereocenters. The van der Waals surface area contributed by atoms with Crippen molar-refractivity contribution < 1.29 is 41.0 Å². The Hall–Kier alpha value is -0.990. The summed E-state index contributed by atoms with van der Waals surface area (Å²) in [6, 6.07) is 0. The van der Waals surface area contributed by atoms with Crippen LogP contribution in [0, 0.1) is 23.7 Å².